The Bertz CT molecular complexity index is 736. The van der Waals surface area contributed by atoms with E-state index in [-0.39, 0.29) is 11.6 Å². The lowest BCUT2D eigenvalue weighted by Gasteiger charge is -2.25. The molecule has 1 saturated carbocycles. The highest BCUT2D eigenvalue weighted by Crippen LogP contribution is 2.42. The molecule has 0 amide bonds. The minimum absolute atomic E-state index is 0.0799. The maximum absolute atomic E-state index is 12.4. The highest BCUT2D eigenvalue weighted by Gasteiger charge is 2.43. The topological polar surface area (TPSA) is 77.2 Å². The third-order valence-electron chi connectivity index (χ3n) is 4.40. The molecule has 2 N–H and O–H groups in total. The third kappa shape index (κ3) is 2.54. The lowest BCUT2D eigenvalue weighted by atomic mass is 9.86. The van der Waals surface area contributed by atoms with Gasteiger partial charge < -0.3 is 15.4 Å². The molecule has 6 nitrogen and oxygen atoms in total. The molecule has 23 heavy (non-hydrogen) atoms. The predicted octanol–water partition coefficient (Wildman–Crippen LogP) is 2.32. The molecule has 0 radical (unpaired) electrons. The number of hydrogen-bond acceptors (Lipinski definition) is 6. The van der Waals surface area contributed by atoms with E-state index < -0.39 is 6.61 Å². The van der Waals surface area contributed by atoms with Crippen molar-refractivity contribution in [3.05, 3.63) is 24.5 Å². The minimum Gasteiger partial charge on any atom is -0.431 e. The smallest absolute Gasteiger partial charge is 0.387 e. The fourth-order valence-corrected chi connectivity index (χ4v) is 3.21. The van der Waals surface area contributed by atoms with Crippen molar-refractivity contribution in [3.8, 4) is 17.0 Å². The molecule has 3 aliphatic rings. The van der Waals surface area contributed by atoms with Gasteiger partial charge >= 0.3 is 6.61 Å². The monoisotopic (exact) mass is 319 g/mol. The third-order valence-corrected chi connectivity index (χ3v) is 4.40. The second-order valence-corrected chi connectivity index (χ2v) is 5.87. The molecule has 2 aromatic heterocycles. The van der Waals surface area contributed by atoms with Crippen LogP contribution in [0.3, 0.4) is 0 Å². The first-order valence-electron chi connectivity index (χ1n) is 7.40. The van der Waals surface area contributed by atoms with Gasteiger partial charge in [-0.25, -0.2) is 15.0 Å². The van der Waals surface area contributed by atoms with Gasteiger partial charge in [-0.1, -0.05) is 0 Å². The first-order valence-corrected chi connectivity index (χ1v) is 7.40. The zero-order valence-corrected chi connectivity index (χ0v) is 12.2. The van der Waals surface area contributed by atoms with E-state index in [1.54, 1.807) is 12.3 Å². The summed E-state index contributed by atoms with van der Waals surface area (Å²) < 4.78 is 29.2. The van der Waals surface area contributed by atoms with Crippen molar-refractivity contribution in [3.63, 3.8) is 0 Å². The molecule has 0 unspecified atom stereocenters. The van der Waals surface area contributed by atoms with Crippen molar-refractivity contribution in [1.29, 1.82) is 0 Å². The Morgan fingerprint density at radius 3 is 2.83 bits per heavy atom. The van der Waals surface area contributed by atoms with Crippen molar-refractivity contribution in [2.24, 2.45) is 5.92 Å². The van der Waals surface area contributed by atoms with Gasteiger partial charge in [-0.05, 0) is 30.9 Å². The van der Waals surface area contributed by atoms with Crippen LogP contribution in [0.25, 0.3) is 11.3 Å². The van der Waals surface area contributed by atoms with Crippen LogP contribution in [-0.4, -0.2) is 34.2 Å². The summed E-state index contributed by atoms with van der Waals surface area (Å²) >= 11 is 0. The van der Waals surface area contributed by atoms with E-state index in [2.05, 4.69) is 24.6 Å². The Morgan fingerprint density at radius 1 is 1.30 bits per heavy atom. The van der Waals surface area contributed by atoms with E-state index in [9.17, 15) is 8.78 Å². The highest BCUT2D eigenvalue weighted by molar-refractivity contribution is 5.64. The molecule has 1 aliphatic carbocycles. The largest absolute Gasteiger partial charge is 0.431 e. The van der Waals surface area contributed by atoms with Gasteiger partial charge in [0.1, 0.15) is 0 Å². The van der Waals surface area contributed by atoms with Gasteiger partial charge in [0.2, 0.25) is 5.95 Å². The van der Waals surface area contributed by atoms with Crippen LogP contribution in [0.2, 0.25) is 0 Å². The number of fused-ring (bicyclic) bond motifs is 1. The molecule has 3 fully saturated rings. The van der Waals surface area contributed by atoms with Crippen LogP contribution in [0.15, 0.2) is 24.5 Å². The van der Waals surface area contributed by atoms with Crippen molar-refractivity contribution >= 4 is 11.8 Å². The summed E-state index contributed by atoms with van der Waals surface area (Å²) in [6, 6.07) is 3.66. The number of ether oxygens (including phenoxy) is 1. The molecule has 8 heteroatoms. The standard InChI is InChI=1S/C15H15F2N5O/c16-14(17)23-12-5-9(6-20-13(12)18)11-1-2-19-15(21-11)22-7-8-3-10(22)4-8/h1-2,5-6,8,10,14H,3-4,7H2,(H2,18,20). The molecule has 4 heterocycles. The van der Waals surface area contributed by atoms with Crippen LogP contribution >= 0.6 is 0 Å². The normalized spacial score (nSPS) is 22.3. The molecular formula is C15H15F2N5O. The van der Waals surface area contributed by atoms with Crippen molar-refractivity contribution < 1.29 is 13.5 Å². The maximum atomic E-state index is 12.4. The Balaban J connectivity index is 1.65. The molecule has 2 saturated heterocycles. The number of halogens is 2. The Hall–Kier alpha value is -2.51. The van der Waals surface area contributed by atoms with Crippen LogP contribution in [0.1, 0.15) is 12.8 Å². The molecule has 5 rings (SSSR count). The van der Waals surface area contributed by atoms with Crippen molar-refractivity contribution in [1.82, 2.24) is 15.0 Å². The van der Waals surface area contributed by atoms with E-state index in [0.717, 1.165) is 12.5 Å². The first-order chi connectivity index (χ1) is 11.1. The average Bonchev–Trinajstić information content (AvgIpc) is 3.09. The number of nitrogens with two attached hydrogens (primary N) is 1. The second kappa shape index (κ2) is 5.29. The molecule has 120 valence electrons. The van der Waals surface area contributed by atoms with Gasteiger partial charge in [0.05, 0.1) is 5.69 Å². The zero-order chi connectivity index (χ0) is 16.0. The first kappa shape index (κ1) is 14.1. The van der Waals surface area contributed by atoms with Crippen molar-refractivity contribution in [2.45, 2.75) is 25.5 Å². The quantitative estimate of drug-likeness (QED) is 0.932. The van der Waals surface area contributed by atoms with Crippen LogP contribution in [0.5, 0.6) is 5.75 Å². The number of aromatic nitrogens is 3. The van der Waals surface area contributed by atoms with Gasteiger partial charge in [-0.3, -0.25) is 0 Å². The van der Waals surface area contributed by atoms with Gasteiger partial charge in [0, 0.05) is 30.5 Å². The van der Waals surface area contributed by atoms with E-state index in [4.69, 9.17) is 5.73 Å². The van der Waals surface area contributed by atoms with Crippen LogP contribution < -0.4 is 15.4 Å². The molecule has 2 aromatic rings. The number of hydrogen-bond donors (Lipinski definition) is 1. The number of anilines is 2. The van der Waals surface area contributed by atoms with Gasteiger partial charge in [-0.15, -0.1) is 0 Å². The fourth-order valence-electron chi connectivity index (χ4n) is 3.21. The van der Waals surface area contributed by atoms with Gasteiger partial charge in [-0.2, -0.15) is 8.78 Å². The Kier molecular flexibility index (Phi) is 3.24. The van der Waals surface area contributed by atoms with Gasteiger partial charge in [0.25, 0.3) is 0 Å². The molecular weight excluding hydrogens is 304 g/mol. The Morgan fingerprint density at radius 2 is 2.13 bits per heavy atom. The predicted molar refractivity (Wildman–Crippen MR) is 80.2 cm³/mol. The molecule has 0 spiro atoms. The van der Waals surface area contributed by atoms with Crippen LogP contribution in [-0.2, 0) is 0 Å². The average molecular weight is 319 g/mol. The lowest BCUT2D eigenvalue weighted by molar-refractivity contribution is -0.0494. The number of rotatable bonds is 4. The lowest BCUT2D eigenvalue weighted by Crippen LogP contribution is -2.29. The van der Waals surface area contributed by atoms with E-state index >= 15 is 0 Å². The summed E-state index contributed by atoms with van der Waals surface area (Å²) in [5.41, 5.74) is 6.72. The summed E-state index contributed by atoms with van der Waals surface area (Å²) in [4.78, 5) is 15.0. The van der Waals surface area contributed by atoms with E-state index in [1.165, 1.54) is 25.1 Å². The number of pyridine rings is 1. The van der Waals surface area contributed by atoms with Crippen molar-refractivity contribution in [2.75, 3.05) is 17.2 Å². The fraction of sp³-hybridized carbons (Fsp3) is 0.400. The van der Waals surface area contributed by atoms with E-state index in [1.807, 2.05) is 0 Å². The Labute approximate surface area is 131 Å². The highest BCUT2D eigenvalue weighted by atomic mass is 19.3. The number of nitrogens with zero attached hydrogens (tertiary/aromatic N) is 4. The van der Waals surface area contributed by atoms with E-state index in [0.29, 0.717) is 23.2 Å². The number of nitrogen functional groups attached to an aromatic ring is 1. The van der Waals surface area contributed by atoms with Crippen LogP contribution in [0, 0.1) is 5.92 Å². The molecule has 0 aromatic carbocycles. The number of alkyl halides is 2. The summed E-state index contributed by atoms with van der Waals surface area (Å²) in [5.74, 6) is 1.18. The van der Waals surface area contributed by atoms with Gasteiger partial charge in [0.15, 0.2) is 11.6 Å². The van der Waals surface area contributed by atoms with Crippen LogP contribution in [0.4, 0.5) is 20.5 Å². The zero-order valence-electron chi connectivity index (χ0n) is 12.2. The SMILES string of the molecule is Nc1ncc(-c2ccnc(N3CC4CC3C4)n2)cc1OC(F)F. The minimum atomic E-state index is -2.95. The summed E-state index contributed by atoms with van der Waals surface area (Å²) in [6.07, 6.45) is 5.55. The molecule has 2 aliphatic heterocycles. The summed E-state index contributed by atoms with van der Waals surface area (Å²) in [6.45, 7) is -1.97. The molecule has 0 atom stereocenters. The maximum Gasteiger partial charge on any atom is 0.387 e. The summed E-state index contributed by atoms with van der Waals surface area (Å²) in [7, 11) is 0. The second-order valence-electron chi connectivity index (χ2n) is 5.87. The summed E-state index contributed by atoms with van der Waals surface area (Å²) in [5, 5.41) is 0. The molecule has 2 bridgehead atoms.